The molecule has 5 aromatic heterocycles. The molecule has 0 spiro atoms. The van der Waals surface area contributed by atoms with E-state index in [4.69, 9.17) is 4.98 Å². The standard InChI is InChI=1S/C30H34N10O/c1-39-9-11-40(12-10-39)30-28-23(7-8-32-30)35-29(36-28)27-22-15-24(33-18-25(22)37-38-27)20-14-21(17-31-16-20)34-26(41)13-19-5-3-2-4-6-19/h7-8,14-19H,2-6,9-13H2,1H3,(H,34,41)(H,35,36)(H,37,38). The second-order valence-electron chi connectivity index (χ2n) is 11.3. The molecule has 210 valence electrons. The zero-order valence-electron chi connectivity index (χ0n) is 23.2. The molecule has 6 heterocycles. The number of piperazine rings is 1. The van der Waals surface area contributed by atoms with Crippen LogP contribution in [-0.2, 0) is 4.79 Å². The first-order chi connectivity index (χ1) is 20.1. The normalized spacial score (nSPS) is 17.0. The van der Waals surface area contributed by atoms with Gasteiger partial charge in [0.15, 0.2) is 11.6 Å². The summed E-state index contributed by atoms with van der Waals surface area (Å²) in [6.45, 7) is 3.82. The number of H-pyrrole nitrogens is 2. The van der Waals surface area contributed by atoms with Crippen molar-refractivity contribution in [1.82, 2.24) is 40.0 Å². The lowest BCUT2D eigenvalue weighted by Gasteiger charge is -2.33. The molecule has 1 saturated carbocycles. The van der Waals surface area contributed by atoms with Crippen molar-refractivity contribution in [3.8, 4) is 22.8 Å². The number of aromatic nitrogens is 7. The second kappa shape index (κ2) is 10.9. The number of likely N-dealkylation sites (N-methyl/N-ethyl adjacent to an activating group) is 1. The van der Waals surface area contributed by atoms with Crippen molar-refractivity contribution in [3.05, 3.63) is 43.0 Å². The Morgan fingerprint density at radius 1 is 1.02 bits per heavy atom. The number of imidazole rings is 1. The molecule has 3 N–H and O–H groups in total. The molecule has 0 aromatic carbocycles. The zero-order chi connectivity index (χ0) is 27.8. The molecule has 1 aliphatic heterocycles. The molecule has 2 aliphatic rings. The number of aromatic amines is 2. The third kappa shape index (κ3) is 5.24. The Morgan fingerprint density at radius 3 is 2.73 bits per heavy atom. The van der Waals surface area contributed by atoms with Crippen LogP contribution in [0.1, 0.15) is 38.5 Å². The van der Waals surface area contributed by atoms with Crippen LogP contribution in [0.3, 0.4) is 0 Å². The fraction of sp³-hybridized carbons (Fsp3) is 0.400. The molecule has 1 aliphatic carbocycles. The fourth-order valence-electron chi connectivity index (χ4n) is 6.05. The molecule has 0 bridgehead atoms. The number of pyridine rings is 3. The van der Waals surface area contributed by atoms with E-state index in [2.05, 4.69) is 52.3 Å². The van der Waals surface area contributed by atoms with Gasteiger partial charge >= 0.3 is 0 Å². The van der Waals surface area contributed by atoms with E-state index in [0.29, 0.717) is 29.5 Å². The molecule has 1 amide bonds. The molecule has 11 heteroatoms. The minimum atomic E-state index is 0.0479. The minimum absolute atomic E-state index is 0.0479. The summed E-state index contributed by atoms with van der Waals surface area (Å²) in [4.78, 5) is 39.4. The molecule has 11 nitrogen and oxygen atoms in total. The highest BCUT2D eigenvalue weighted by molar-refractivity contribution is 5.96. The molecule has 5 aromatic rings. The quantitative estimate of drug-likeness (QED) is 0.279. The average Bonchev–Trinajstić information content (AvgIpc) is 3.62. The van der Waals surface area contributed by atoms with Crippen molar-refractivity contribution in [2.24, 2.45) is 5.92 Å². The summed E-state index contributed by atoms with van der Waals surface area (Å²) >= 11 is 0. The Hall–Kier alpha value is -4.38. The number of hydrogen-bond acceptors (Lipinski definition) is 8. The van der Waals surface area contributed by atoms with Crippen LogP contribution in [0.2, 0.25) is 0 Å². The van der Waals surface area contributed by atoms with Gasteiger partial charge in [-0.3, -0.25) is 19.9 Å². The number of nitrogens with zero attached hydrogens (tertiary/aromatic N) is 7. The third-order valence-corrected chi connectivity index (χ3v) is 8.37. The molecular formula is C30H34N10O. The van der Waals surface area contributed by atoms with Crippen molar-refractivity contribution in [1.29, 1.82) is 0 Å². The summed E-state index contributed by atoms with van der Waals surface area (Å²) in [6, 6.07) is 5.87. The van der Waals surface area contributed by atoms with E-state index in [1.165, 1.54) is 19.3 Å². The first-order valence-electron chi connectivity index (χ1n) is 14.5. The number of nitrogens with one attached hydrogen (secondary N) is 3. The highest BCUT2D eigenvalue weighted by atomic mass is 16.1. The zero-order valence-corrected chi connectivity index (χ0v) is 23.2. The number of hydrogen-bond donors (Lipinski definition) is 3. The topological polar surface area (TPSA) is 132 Å². The van der Waals surface area contributed by atoms with Gasteiger partial charge in [-0.15, -0.1) is 0 Å². The van der Waals surface area contributed by atoms with Crippen LogP contribution in [0.25, 0.3) is 44.7 Å². The summed E-state index contributed by atoms with van der Waals surface area (Å²) in [5, 5.41) is 11.6. The van der Waals surface area contributed by atoms with E-state index >= 15 is 0 Å². The predicted octanol–water partition coefficient (Wildman–Crippen LogP) is 4.62. The van der Waals surface area contributed by atoms with Crippen molar-refractivity contribution in [3.63, 3.8) is 0 Å². The van der Waals surface area contributed by atoms with Gasteiger partial charge in [0.05, 0.1) is 34.8 Å². The largest absolute Gasteiger partial charge is 0.352 e. The van der Waals surface area contributed by atoms with E-state index < -0.39 is 0 Å². The van der Waals surface area contributed by atoms with Gasteiger partial charge in [-0.25, -0.2) is 9.97 Å². The molecule has 1 saturated heterocycles. The van der Waals surface area contributed by atoms with Gasteiger partial charge in [0.1, 0.15) is 11.2 Å². The van der Waals surface area contributed by atoms with Gasteiger partial charge in [0, 0.05) is 55.9 Å². The van der Waals surface area contributed by atoms with Crippen LogP contribution in [0.5, 0.6) is 0 Å². The summed E-state index contributed by atoms with van der Waals surface area (Å²) in [5.41, 5.74) is 5.54. The first kappa shape index (κ1) is 25.6. The van der Waals surface area contributed by atoms with Gasteiger partial charge in [0.2, 0.25) is 5.91 Å². The van der Waals surface area contributed by atoms with Crippen molar-refractivity contribution < 1.29 is 4.79 Å². The molecular weight excluding hydrogens is 516 g/mol. The Kier molecular flexibility index (Phi) is 6.79. The molecule has 0 radical (unpaired) electrons. The highest BCUT2D eigenvalue weighted by Gasteiger charge is 2.22. The highest BCUT2D eigenvalue weighted by Crippen LogP contribution is 2.32. The van der Waals surface area contributed by atoms with E-state index in [0.717, 1.165) is 78.0 Å². The Bertz CT molecular complexity index is 1690. The smallest absolute Gasteiger partial charge is 0.224 e. The third-order valence-electron chi connectivity index (χ3n) is 8.37. The van der Waals surface area contributed by atoms with E-state index in [1.54, 1.807) is 18.6 Å². The summed E-state index contributed by atoms with van der Waals surface area (Å²) in [6.07, 6.45) is 13.6. The van der Waals surface area contributed by atoms with Crippen LogP contribution in [-0.4, -0.2) is 79.2 Å². The number of anilines is 2. The maximum atomic E-state index is 12.7. The average molecular weight is 551 g/mol. The molecule has 41 heavy (non-hydrogen) atoms. The Balaban J connectivity index is 1.16. The number of rotatable bonds is 6. The lowest BCUT2D eigenvalue weighted by atomic mass is 9.87. The van der Waals surface area contributed by atoms with Crippen molar-refractivity contribution in [2.75, 3.05) is 43.4 Å². The lowest BCUT2D eigenvalue weighted by molar-refractivity contribution is -0.117. The molecule has 2 fully saturated rings. The molecule has 0 atom stereocenters. The van der Waals surface area contributed by atoms with Gasteiger partial charge < -0.3 is 20.1 Å². The van der Waals surface area contributed by atoms with E-state index in [-0.39, 0.29) is 5.91 Å². The monoisotopic (exact) mass is 550 g/mol. The number of carbonyl (C=O) groups excluding carboxylic acids is 1. The van der Waals surface area contributed by atoms with Crippen molar-refractivity contribution >= 4 is 39.3 Å². The lowest BCUT2D eigenvalue weighted by Crippen LogP contribution is -2.44. The van der Waals surface area contributed by atoms with E-state index in [9.17, 15) is 4.79 Å². The number of fused-ring (bicyclic) bond motifs is 2. The summed E-state index contributed by atoms with van der Waals surface area (Å²) in [7, 11) is 2.14. The van der Waals surface area contributed by atoms with E-state index in [1.807, 2.05) is 24.4 Å². The van der Waals surface area contributed by atoms with Crippen LogP contribution >= 0.6 is 0 Å². The summed E-state index contributed by atoms with van der Waals surface area (Å²) < 4.78 is 0. The van der Waals surface area contributed by atoms with Crippen LogP contribution < -0.4 is 10.2 Å². The maximum absolute atomic E-state index is 12.7. The van der Waals surface area contributed by atoms with Gasteiger partial charge in [-0.05, 0) is 44.0 Å². The van der Waals surface area contributed by atoms with Crippen LogP contribution in [0, 0.1) is 5.92 Å². The Labute approximate surface area is 237 Å². The second-order valence-corrected chi connectivity index (χ2v) is 11.3. The number of carbonyl (C=O) groups is 1. The molecule has 7 rings (SSSR count). The predicted molar refractivity (Wildman–Crippen MR) is 160 cm³/mol. The summed E-state index contributed by atoms with van der Waals surface area (Å²) in [5.74, 6) is 2.10. The van der Waals surface area contributed by atoms with Gasteiger partial charge in [-0.2, -0.15) is 5.10 Å². The SMILES string of the molecule is CN1CCN(c2nccc3[nH]c(-c4n[nH]c5cnc(-c6cncc(NC(=O)CC7CCCCC7)c6)cc45)nc23)CC1. The van der Waals surface area contributed by atoms with Gasteiger partial charge in [-0.1, -0.05) is 19.3 Å². The van der Waals surface area contributed by atoms with Crippen LogP contribution in [0.4, 0.5) is 11.5 Å². The first-order valence-corrected chi connectivity index (χ1v) is 14.5. The maximum Gasteiger partial charge on any atom is 0.224 e. The number of amides is 1. The fourth-order valence-corrected chi connectivity index (χ4v) is 6.05. The molecule has 0 unspecified atom stereocenters. The van der Waals surface area contributed by atoms with Crippen molar-refractivity contribution in [2.45, 2.75) is 38.5 Å². The minimum Gasteiger partial charge on any atom is -0.352 e. The Morgan fingerprint density at radius 2 is 1.88 bits per heavy atom. The van der Waals surface area contributed by atoms with Crippen LogP contribution in [0.15, 0.2) is 43.0 Å². The van der Waals surface area contributed by atoms with Gasteiger partial charge in [0.25, 0.3) is 0 Å².